The number of para-hydroxylation sites is 1. The molecule has 0 bridgehead atoms. The highest BCUT2D eigenvalue weighted by molar-refractivity contribution is 5.49. The zero-order valence-corrected chi connectivity index (χ0v) is 10.4. The maximum absolute atomic E-state index is 13.7. The minimum Gasteiger partial charge on any atom is -0.368 e. The fourth-order valence-corrected chi connectivity index (χ4v) is 2.26. The molecule has 1 saturated heterocycles. The average Bonchev–Trinajstić information content (AvgIpc) is 2.86. The molecule has 0 amide bonds. The van der Waals surface area contributed by atoms with Crippen LogP contribution in [0, 0.1) is 5.82 Å². The van der Waals surface area contributed by atoms with Gasteiger partial charge in [0.2, 0.25) is 11.9 Å². The van der Waals surface area contributed by atoms with Gasteiger partial charge < -0.3 is 15.5 Å². The van der Waals surface area contributed by atoms with Crippen molar-refractivity contribution in [2.24, 2.45) is 0 Å². The van der Waals surface area contributed by atoms with Crippen LogP contribution in [-0.4, -0.2) is 41.4 Å². The number of nitrogens with two attached hydrogens (primary N) is 1. The van der Waals surface area contributed by atoms with Gasteiger partial charge in [-0.15, -0.1) is 5.10 Å². The van der Waals surface area contributed by atoms with Crippen LogP contribution in [-0.2, 0) is 0 Å². The van der Waals surface area contributed by atoms with E-state index in [0.717, 1.165) is 26.2 Å². The smallest absolute Gasteiger partial charge is 0.246 e. The van der Waals surface area contributed by atoms with E-state index >= 15 is 0 Å². The Bertz CT molecular complexity index is 561. The van der Waals surface area contributed by atoms with Crippen molar-refractivity contribution in [2.75, 3.05) is 41.7 Å². The van der Waals surface area contributed by atoms with Gasteiger partial charge in [0, 0.05) is 26.2 Å². The summed E-state index contributed by atoms with van der Waals surface area (Å²) in [7, 11) is 0. The predicted molar refractivity (Wildman–Crippen MR) is 71.6 cm³/mol. The molecule has 1 aliphatic rings. The lowest BCUT2D eigenvalue weighted by Crippen LogP contribution is -2.47. The summed E-state index contributed by atoms with van der Waals surface area (Å²) in [5.41, 5.74) is 6.16. The number of piperazine rings is 1. The monoisotopic (exact) mass is 262 g/mol. The third-order valence-corrected chi connectivity index (χ3v) is 3.25. The topological polar surface area (TPSA) is 74.1 Å². The molecule has 7 heteroatoms. The number of aromatic nitrogens is 3. The van der Waals surface area contributed by atoms with Crippen LogP contribution in [0.2, 0.25) is 0 Å². The lowest BCUT2D eigenvalue weighted by Gasteiger charge is -2.35. The molecule has 0 spiro atoms. The first-order valence-electron chi connectivity index (χ1n) is 6.16. The molecule has 1 aromatic carbocycles. The van der Waals surface area contributed by atoms with Crippen molar-refractivity contribution in [3.05, 3.63) is 30.1 Å². The molecule has 0 aliphatic carbocycles. The average molecular weight is 262 g/mol. The fourth-order valence-electron chi connectivity index (χ4n) is 2.26. The summed E-state index contributed by atoms with van der Waals surface area (Å²) in [6, 6.07) is 6.83. The third kappa shape index (κ3) is 2.31. The Kier molecular flexibility index (Phi) is 2.94. The van der Waals surface area contributed by atoms with Gasteiger partial charge in [-0.1, -0.05) is 12.1 Å². The predicted octanol–water partition coefficient (Wildman–Crippen LogP) is 0.853. The van der Waals surface area contributed by atoms with Crippen molar-refractivity contribution >= 4 is 17.6 Å². The number of benzene rings is 1. The molecule has 2 aromatic rings. The van der Waals surface area contributed by atoms with Gasteiger partial charge >= 0.3 is 0 Å². The van der Waals surface area contributed by atoms with Crippen LogP contribution in [0.4, 0.5) is 22.0 Å². The number of hydrogen-bond acceptors (Lipinski definition) is 5. The number of anilines is 3. The molecule has 0 saturated carbocycles. The first-order chi connectivity index (χ1) is 9.24. The van der Waals surface area contributed by atoms with Gasteiger partial charge in [-0.05, 0) is 12.1 Å². The Balaban J connectivity index is 1.68. The van der Waals surface area contributed by atoms with E-state index in [1.54, 1.807) is 12.1 Å². The number of rotatable bonds is 2. The van der Waals surface area contributed by atoms with Gasteiger partial charge in [0.25, 0.3) is 0 Å². The summed E-state index contributed by atoms with van der Waals surface area (Å²) >= 11 is 0. The Morgan fingerprint density at radius 3 is 2.42 bits per heavy atom. The molecule has 1 aromatic heterocycles. The SMILES string of the molecule is Nc1nc(N2CCN(c3ccccc3F)CC2)n[nH]1. The Labute approximate surface area is 110 Å². The lowest BCUT2D eigenvalue weighted by molar-refractivity contribution is 0.594. The normalized spacial score (nSPS) is 15.8. The van der Waals surface area contributed by atoms with Crippen molar-refractivity contribution in [3.8, 4) is 0 Å². The Morgan fingerprint density at radius 2 is 1.79 bits per heavy atom. The van der Waals surface area contributed by atoms with Crippen LogP contribution in [0.5, 0.6) is 0 Å². The summed E-state index contributed by atoms with van der Waals surface area (Å²) in [5, 5.41) is 6.65. The summed E-state index contributed by atoms with van der Waals surface area (Å²) in [6.45, 7) is 2.95. The number of hydrogen-bond donors (Lipinski definition) is 2. The van der Waals surface area contributed by atoms with Crippen molar-refractivity contribution in [3.63, 3.8) is 0 Å². The van der Waals surface area contributed by atoms with E-state index in [1.807, 2.05) is 15.9 Å². The quantitative estimate of drug-likeness (QED) is 0.839. The summed E-state index contributed by atoms with van der Waals surface area (Å²) in [5.74, 6) is 0.732. The molecule has 2 heterocycles. The van der Waals surface area contributed by atoms with Crippen LogP contribution in [0.1, 0.15) is 0 Å². The Hall–Kier alpha value is -2.31. The molecule has 100 valence electrons. The number of nitrogen functional groups attached to an aromatic ring is 1. The molecule has 3 rings (SSSR count). The van der Waals surface area contributed by atoms with E-state index in [2.05, 4.69) is 15.2 Å². The van der Waals surface area contributed by atoms with Gasteiger partial charge in [0.15, 0.2) is 0 Å². The highest BCUT2D eigenvalue weighted by Crippen LogP contribution is 2.21. The van der Waals surface area contributed by atoms with Crippen molar-refractivity contribution < 1.29 is 4.39 Å². The molecule has 19 heavy (non-hydrogen) atoms. The largest absolute Gasteiger partial charge is 0.368 e. The van der Waals surface area contributed by atoms with Crippen LogP contribution < -0.4 is 15.5 Å². The van der Waals surface area contributed by atoms with Gasteiger partial charge in [-0.25, -0.2) is 9.49 Å². The second-order valence-corrected chi connectivity index (χ2v) is 4.45. The fraction of sp³-hybridized carbons (Fsp3) is 0.333. The van der Waals surface area contributed by atoms with Crippen molar-refractivity contribution in [2.45, 2.75) is 0 Å². The van der Waals surface area contributed by atoms with Gasteiger partial charge in [0.1, 0.15) is 5.82 Å². The first kappa shape index (κ1) is 11.8. The molecular weight excluding hydrogens is 247 g/mol. The number of halogens is 1. The molecule has 1 fully saturated rings. The first-order valence-corrected chi connectivity index (χ1v) is 6.16. The van der Waals surface area contributed by atoms with E-state index in [0.29, 0.717) is 17.6 Å². The third-order valence-electron chi connectivity index (χ3n) is 3.25. The lowest BCUT2D eigenvalue weighted by atomic mass is 10.2. The van der Waals surface area contributed by atoms with Crippen molar-refractivity contribution in [1.82, 2.24) is 15.2 Å². The molecule has 0 atom stereocenters. The highest BCUT2D eigenvalue weighted by Gasteiger charge is 2.21. The minimum atomic E-state index is -0.182. The molecule has 3 N–H and O–H groups in total. The molecule has 0 unspecified atom stereocenters. The number of nitrogens with one attached hydrogen (secondary N) is 1. The number of nitrogens with zero attached hydrogens (tertiary/aromatic N) is 4. The van der Waals surface area contributed by atoms with E-state index in [-0.39, 0.29) is 5.82 Å². The number of aromatic amines is 1. The minimum absolute atomic E-state index is 0.182. The van der Waals surface area contributed by atoms with E-state index < -0.39 is 0 Å². The molecule has 0 radical (unpaired) electrons. The van der Waals surface area contributed by atoms with Gasteiger partial charge in [0.05, 0.1) is 5.69 Å². The summed E-state index contributed by atoms with van der Waals surface area (Å²) in [4.78, 5) is 8.16. The van der Waals surface area contributed by atoms with Gasteiger partial charge in [-0.3, -0.25) is 0 Å². The molecule has 6 nitrogen and oxygen atoms in total. The standard InChI is InChI=1S/C12H15FN6/c13-9-3-1-2-4-10(9)18-5-7-19(8-6-18)12-15-11(14)16-17-12/h1-4H,5-8H2,(H3,14,15,16,17). The maximum atomic E-state index is 13.7. The zero-order chi connectivity index (χ0) is 13.2. The van der Waals surface area contributed by atoms with Crippen molar-refractivity contribution in [1.29, 1.82) is 0 Å². The summed E-state index contributed by atoms with van der Waals surface area (Å²) in [6.07, 6.45) is 0. The second-order valence-electron chi connectivity index (χ2n) is 4.45. The number of H-pyrrole nitrogens is 1. The van der Waals surface area contributed by atoms with Gasteiger partial charge in [-0.2, -0.15) is 4.98 Å². The highest BCUT2D eigenvalue weighted by atomic mass is 19.1. The zero-order valence-electron chi connectivity index (χ0n) is 10.4. The molecule has 1 aliphatic heterocycles. The summed E-state index contributed by atoms with van der Waals surface area (Å²) < 4.78 is 13.7. The van der Waals surface area contributed by atoms with Crippen LogP contribution in [0.3, 0.4) is 0 Å². The van der Waals surface area contributed by atoms with Crippen LogP contribution in [0.25, 0.3) is 0 Å². The molecular formula is C12H15FN6. The van der Waals surface area contributed by atoms with E-state index in [1.165, 1.54) is 6.07 Å². The maximum Gasteiger partial charge on any atom is 0.246 e. The van der Waals surface area contributed by atoms with E-state index in [9.17, 15) is 4.39 Å². The second kappa shape index (κ2) is 4.75. The van der Waals surface area contributed by atoms with E-state index in [4.69, 9.17) is 5.73 Å². The Morgan fingerprint density at radius 1 is 1.11 bits per heavy atom. The van der Waals surface area contributed by atoms with Crippen LogP contribution in [0.15, 0.2) is 24.3 Å². The van der Waals surface area contributed by atoms with Crippen LogP contribution >= 0.6 is 0 Å².